The Morgan fingerprint density at radius 1 is 1.03 bits per heavy atom. The van der Waals surface area contributed by atoms with Crippen LogP contribution in [-0.2, 0) is 13.2 Å². The average Bonchev–Trinajstić information content (AvgIpc) is 3.21. The lowest BCUT2D eigenvalue weighted by molar-refractivity contribution is 0.102. The normalized spacial score (nSPS) is 10.7. The molecule has 1 heterocycles. The highest BCUT2D eigenvalue weighted by Crippen LogP contribution is 2.20. The van der Waals surface area contributed by atoms with E-state index in [2.05, 4.69) is 10.4 Å². The lowest BCUT2D eigenvalue weighted by atomic mass is 10.1. The molecule has 0 atom stereocenters. The van der Waals surface area contributed by atoms with Crippen molar-refractivity contribution in [3.05, 3.63) is 112 Å². The Hall–Kier alpha value is -3.71. The van der Waals surface area contributed by atoms with Gasteiger partial charge in [-0.05, 0) is 41.5 Å². The van der Waals surface area contributed by atoms with Gasteiger partial charge in [-0.15, -0.1) is 0 Å². The van der Waals surface area contributed by atoms with Gasteiger partial charge in [0.2, 0.25) is 0 Å². The summed E-state index contributed by atoms with van der Waals surface area (Å²) in [5, 5.41) is 7.75. The van der Waals surface area contributed by atoms with Crippen molar-refractivity contribution in [2.75, 3.05) is 5.32 Å². The number of nitrogens with one attached hydrogen (secondary N) is 1. The van der Waals surface area contributed by atoms with Crippen molar-refractivity contribution < 1.29 is 18.3 Å². The minimum atomic E-state index is -0.786. The number of carbonyl (C=O) groups is 1. The highest BCUT2D eigenvalue weighted by Gasteiger charge is 2.11. The van der Waals surface area contributed by atoms with Gasteiger partial charge in [-0.3, -0.25) is 9.48 Å². The zero-order valence-electron chi connectivity index (χ0n) is 16.8. The fourth-order valence-corrected chi connectivity index (χ4v) is 3.26. The molecule has 0 spiro atoms. The molecule has 0 radical (unpaired) electrons. The molecule has 162 valence electrons. The molecular weight excluding hydrogens is 436 g/mol. The van der Waals surface area contributed by atoms with Crippen molar-refractivity contribution in [3.63, 3.8) is 0 Å². The number of hydrogen-bond acceptors (Lipinski definition) is 3. The van der Waals surface area contributed by atoms with Gasteiger partial charge in [0.25, 0.3) is 5.91 Å². The van der Waals surface area contributed by atoms with Gasteiger partial charge < -0.3 is 10.1 Å². The number of carbonyl (C=O) groups excluding carboxylic acids is 1. The highest BCUT2D eigenvalue weighted by atomic mass is 35.5. The number of hydrogen-bond donors (Lipinski definition) is 1. The number of ether oxygens (including phenoxy) is 1. The summed E-state index contributed by atoms with van der Waals surface area (Å²) in [4.78, 5) is 12.6. The summed E-state index contributed by atoms with van der Waals surface area (Å²) in [5.74, 6) is -1.47. The molecule has 8 heteroatoms. The smallest absolute Gasteiger partial charge is 0.256 e. The van der Waals surface area contributed by atoms with Crippen molar-refractivity contribution in [3.8, 4) is 5.75 Å². The fourth-order valence-electron chi connectivity index (χ4n) is 3.06. The van der Waals surface area contributed by atoms with Crippen molar-refractivity contribution in [2.45, 2.75) is 13.2 Å². The molecule has 0 aliphatic carbocycles. The van der Waals surface area contributed by atoms with Gasteiger partial charge in [0, 0.05) is 28.9 Å². The number of aromatic nitrogens is 2. The third-order valence-corrected chi connectivity index (χ3v) is 5.02. The maximum atomic E-state index is 13.7. The van der Waals surface area contributed by atoms with Crippen LogP contribution in [0.4, 0.5) is 14.6 Å². The molecular formula is C24H18ClF2N3O2. The highest BCUT2D eigenvalue weighted by molar-refractivity contribution is 6.31. The molecule has 1 N–H and O–H groups in total. The Morgan fingerprint density at radius 2 is 1.88 bits per heavy atom. The van der Waals surface area contributed by atoms with Crippen LogP contribution in [0.15, 0.2) is 79.0 Å². The van der Waals surface area contributed by atoms with Gasteiger partial charge in [-0.2, -0.15) is 5.10 Å². The molecule has 4 aromatic rings. The van der Waals surface area contributed by atoms with Gasteiger partial charge in [0.05, 0.1) is 6.54 Å². The van der Waals surface area contributed by atoms with Crippen molar-refractivity contribution >= 4 is 23.3 Å². The summed E-state index contributed by atoms with van der Waals surface area (Å²) in [6.45, 7) is 0.498. The number of halogens is 3. The SMILES string of the molecule is O=C(Nc1ccn(Cc2ccccc2Cl)n1)c1cccc(COc2ccc(F)cc2F)c1. The minimum Gasteiger partial charge on any atom is -0.486 e. The summed E-state index contributed by atoms with van der Waals surface area (Å²) in [7, 11) is 0. The lowest BCUT2D eigenvalue weighted by Crippen LogP contribution is -2.13. The summed E-state index contributed by atoms with van der Waals surface area (Å²) >= 11 is 6.18. The van der Waals surface area contributed by atoms with E-state index in [4.69, 9.17) is 16.3 Å². The van der Waals surface area contributed by atoms with E-state index in [1.54, 1.807) is 41.2 Å². The maximum Gasteiger partial charge on any atom is 0.256 e. The van der Waals surface area contributed by atoms with Crippen LogP contribution in [0.3, 0.4) is 0 Å². The van der Waals surface area contributed by atoms with Crippen molar-refractivity contribution in [1.82, 2.24) is 9.78 Å². The first-order chi connectivity index (χ1) is 15.5. The van der Waals surface area contributed by atoms with Crippen molar-refractivity contribution in [1.29, 1.82) is 0 Å². The third-order valence-electron chi connectivity index (χ3n) is 4.65. The zero-order chi connectivity index (χ0) is 22.5. The summed E-state index contributed by atoms with van der Waals surface area (Å²) < 4.78 is 33.8. The van der Waals surface area contributed by atoms with E-state index in [1.807, 2.05) is 24.3 Å². The Labute approximate surface area is 188 Å². The number of nitrogens with zero attached hydrogens (tertiary/aromatic N) is 2. The third kappa shape index (κ3) is 5.31. The molecule has 0 fully saturated rings. The van der Waals surface area contributed by atoms with Crippen LogP contribution in [0.5, 0.6) is 5.75 Å². The summed E-state index contributed by atoms with van der Waals surface area (Å²) in [6.07, 6.45) is 1.75. The molecule has 1 aromatic heterocycles. The van der Waals surface area contributed by atoms with E-state index < -0.39 is 11.6 Å². The maximum absolute atomic E-state index is 13.7. The first kappa shape index (κ1) is 21.5. The van der Waals surface area contributed by atoms with Crippen LogP contribution in [0, 0.1) is 11.6 Å². The van der Waals surface area contributed by atoms with Gasteiger partial charge >= 0.3 is 0 Å². The molecule has 0 saturated heterocycles. The van der Waals surface area contributed by atoms with Crippen LogP contribution in [-0.4, -0.2) is 15.7 Å². The quantitative estimate of drug-likeness (QED) is 0.391. The van der Waals surface area contributed by atoms with Gasteiger partial charge in [0.1, 0.15) is 12.4 Å². The topological polar surface area (TPSA) is 56.2 Å². The van der Waals surface area contributed by atoms with Crippen LogP contribution in [0.1, 0.15) is 21.5 Å². The predicted molar refractivity (Wildman–Crippen MR) is 118 cm³/mol. The van der Waals surface area contributed by atoms with E-state index in [9.17, 15) is 13.6 Å². The molecule has 0 bridgehead atoms. The molecule has 0 aliphatic heterocycles. The molecule has 32 heavy (non-hydrogen) atoms. The van der Waals surface area contributed by atoms with E-state index in [0.29, 0.717) is 28.5 Å². The Kier molecular flexibility index (Phi) is 6.47. The average molecular weight is 454 g/mol. The van der Waals surface area contributed by atoms with Crippen molar-refractivity contribution in [2.24, 2.45) is 0 Å². The predicted octanol–water partition coefficient (Wildman–Crippen LogP) is 5.69. The lowest BCUT2D eigenvalue weighted by Gasteiger charge is -2.09. The van der Waals surface area contributed by atoms with E-state index >= 15 is 0 Å². The number of rotatable bonds is 7. The first-order valence-electron chi connectivity index (χ1n) is 9.73. The number of amides is 1. The second-order valence-electron chi connectivity index (χ2n) is 7.01. The van der Waals surface area contributed by atoms with Gasteiger partial charge in [0.15, 0.2) is 17.4 Å². The molecule has 0 unspecified atom stereocenters. The standard InChI is InChI=1S/C24H18ClF2N3O2/c25-20-7-2-1-5-18(20)14-30-11-10-23(29-30)28-24(31)17-6-3-4-16(12-17)15-32-22-9-8-19(26)13-21(22)27/h1-13H,14-15H2,(H,28,29,31). The molecule has 0 aliphatic rings. The Morgan fingerprint density at radius 3 is 2.69 bits per heavy atom. The minimum absolute atomic E-state index is 0.0239. The molecule has 0 saturated carbocycles. The summed E-state index contributed by atoms with van der Waals surface area (Å²) in [6, 6.07) is 19.0. The zero-order valence-corrected chi connectivity index (χ0v) is 17.5. The van der Waals surface area contributed by atoms with Gasteiger partial charge in [-0.25, -0.2) is 8.78 Å². The summed E-state index contributed by atoms with van der Waals surface area (Å²) in [5.41, 5.74) is 1.97. The fraction of sp³-hybridized carbons (Fsp3) is 0.0833. The second kappa shape index (κ2) is 9.62. The Balaban J connectivity index is 1.39. The van der Waals surface area contributed by atoms with Crippen LogP contribution >= 0.6 is 11.6 Å². The van der Waals surface area contributed by atoms with Crippen LogP contribution < -0.4 is 10.1 Å². The van der Waals surface area contributed by atoms with Crippen LogP contribution in [0.25, 0.3) is 0 Å². The van der Waals surface area contributed by atoms with Gasteiger partial charge in [-0.1, -0.05) is 41.9 Å². The molecule has 3 aromatic carbocycles. The number of benzene rings is 3. The molecule has 4 rings (SSSR count). The van der Waals surface area contributed by atoms with E-state index in [1.165, 1.54) is 6.07 Å². The molecule has 1 amide bonds. The largest absolute Gasteiger partial charge is 0.486 e. The second-order valence-corrected chi connectivity index (χ2v) is 7.42. The van der Waals surface area contributed by atoms with E-state index in [-0.39, 0.29) is 18.3 Å². The monoisotopic (exact) mass is 453 g/mol. The van der Waals surface area contributed by atoms with Crippen LogP contribution in [0.2, 0.25) is 5.02 Å². The van der Waals surface area contributed by atoms with E-state index in [0.717, 1.165) is 17.7 Å². The first-order valence-corrected chi connectivity index (χ1v) is 10.1. The Bertz CT molecular complexity index is 1260. The molecule has 5 nitrogen and oxygen atoms in total. The number of anilines is 1.